The van der Waals surface area contributed by atoms with Crippen molar-refractivity contribution in [2.24, 2.45) is 0 Å². The van der Waals surface area contributed by atoms with E-state index in [1.165, 1.54) is 205 Å². The SMILES string of the molecule is CCCCC/C=C\C/C=C\C/C=C\C/C=C\CCCC(=O)OC[C@H](COC(=O)CCCCCCCCCCCCCCC)OC(=O)CCCCCCCCCCCCCCCCCCCCCCC. The Hall–Kier alpha value is -2.63. The molecule has 0 aromatic heterocycles. The first-order valence-electron chi connectivity index (χ1n) is 30.1. The van der Waals surface area contributed by atoms with E-state index < -0.39 is 6.10 Å². The molecule has 0 saturated heterocycles. The van der Waals surface area contributed by atoms with Crippen LogP contribution in [0.25, 0.3) is 0 Å². The van der Waals surface area contributed by atoms with Crippen LogP contribution in [0.2, 0.25) is 0 Å². The predicted molar refractivity (Wildman–Crippen MR) is 298 cm³/mol. The average Bonchev–Trinajstić information content (AvgIpc) is 3.35. The summed E-state index contributed by atoms with van der Waals surface area (Å²) in [4.78, 5) is 38.2. The summed E-state index contributed by atoms with van der Waals surface area (Å²) >= 11 is 0. The van der Waals surface area contributed by atoms with Gasteiger partial charge in [0.05, 0.1) is 0 Å². The predicted octanol–water partition coefficient (Wildman–Crippen LogP) is 20.2. The van der Waals surface area contributed by atoms with Gasteiger partial charge in [0.15, 0.2) is 6.10 Å². The summed E-state index contributed by atoms with van der Waals surface area (Å²) in [5.74, 6) is -0.926. The van der Waals surface area contributed by atoms with E-state index in [0.717, 1.165) is 64.2 Å². The summed E-state index contributed by atoms with van der Waals surface area (Å²) in [5.41, 5.74) is 0. The molecule has 6 nitrogen and oxygen atoms in total. The van der Waals surface area contributed by atoms with Gasteiger partial charge in [-0.2, -0.15) is 0 Å². The molecule has 69 heavy (non-hydrogen) atoms. The molecule has 0 rings (SSSR count). The highest BCUT2D eigenvalue weighted by Crippen LogP contribution is 2.17. The Bertz CT molecular complexity index is 1200. The number of carbonyl (C=O) groups is 3. The number of carbonyl (C=O) groups excluding carboxylic acids is 3. The van der Waals surface area contributed by atoms with Crippen LogP contribution in [0, 0.1) is 0 Å². The van der Waals surface area contributed by atoms with Gasteiger partial charge in [0.2, 0.25) is 0 Å². The van der Waals surface area contributed by atoms with Crippen LogP contribution in [0.5, 0.6) is 0 Å². The van der Waals surface area contributed by atoms with Gasteiger partial charge in [-0.3, -0.25) is 14.4 Å². The van der Waals surface area contributed by atoms with Gasteiger partial charge in [-0.05, 0) is 57.8 Å². The van der Waals surface area contributed by atoms with Gasteiger partial charge in [-0.1, -0.05) is 288 Å². The Labute approximate surface area is 428 Å². The van der Waals surface area contributed by atoms with Gasteiger partial charge in [-0.15, -0.1) is 0 Å². The Morgan fingerprint density at radius 2 is 0.536 bits per heavy atom. The number of unbranched alkanes of at least 4 members (excludes halogenated alkanes) is 36. The van der Waals surface area contributed by atoms with E-state index in [1.54, 1.807) is 0 Å². The number of allylic oxidation sites excluding steroid dienone is 8. The maximum Gasteiger partial charge on any atom is 0.306 e. The lowest BCUT2D eigenvalue weighted by Crippen LogP contribution is -2.30. The molecular formula is C63H114O6. The van der Waals surface area contributed by atoms with Crippen LogP contribution in [-0.4, -0.2) is 37.2 Å². The molecule has 0 heterocycles. The molecule has 402 valence electrons. The van der Waals surface area contributed by atoms with Crippen molar-refractivity contribution in [3.05, 3.63) is 48.6 Å². The highest BCUT2D eigenvalue weighted by atomic mass is 16.6. The lowest BCUT2D eigenvalue weighted by atomic mass is 10.0. The van der Waals surface area contributed by atoms with Crippen molar-refractivity contribution in [2.75, 3.05) is 13.2 Å². The Morgan fingerprint density at radius 1 is 0.290 bits per heavy atom. The van der Waals surface area contributed by atoms with Crippen molar-refractivity contribution in [2.45, 2.75) is 322 Å². The minimum absolute atomic E-state index is 0.0855. The average molecular weight is 968 g/mol. The third kappa shape index (κ3) is 56.2. The maximum absolute atomic E-state index is 12.9. The first-order valence-corrected chi connectivity index (χ1v) is 30.1. The highest BCUT2D eigenvalue weighted by Gasteiger charge is 2.19. The summed E-state index contributed by atoms with van der Waals surface area (Å²) in [6, 6.07) is 0. The molecule has 0 aromatic carbocycles. The largest absolute Gasteiger partial charge is 0.462 e. The zero-order valence-corrected chi connectivity index (χ0v) is 46.1. The minimum Gasteiger partial charge on any atom is -0.462 e. The normalized spacial score (nSPS) is 12.3. The van der Waals surface area contributed by atoms with E-state index in [2.05, 4.69) is 69.4 Å². The zero-order chi connectivity index (χ0) is 50.0. The summed E-state index contributed by atoms with van der Waals surface area (Å²) in [5, 5.41) is 0. The molecule has 0 aliphatic rings. The minimum atomic E-state index is -0.791. The molecule has 6 heteroatoms. The fourth-order valence-corrected chi connectivity index (χ4v) is 8.79. The quantitative estimate of drug-likeness (QED) is 0.0262. The van der Waals surface area contributed by atoms with E-state index in [0.29, 0.717) is 19.3 Å². The van der Waals surface area contributed by atoms with Crippen molar-refractivity contribution in [3.8, 4) is 0 Å². The molecule has 0 amide bonds. The summed E-state index contributed by atoms with van der Waals surface area (Å²) < 4.78 is 16.8. The Balaban J connectivity index is 4.37. The molecule has 0 spiro atoms. The molecule has 0 aromatic rings. The van der Waals surface area contributed by atoms with Gasteiger partial charge in [-0.25, -0.2) is 0 Å². The first-order chi connectivity index (χ1) is 34.0. The van der Waals surface area contributed by atoms with Gasteiger partial charge in [0.25, 0.3) is 0 Å². The fourth-order valence-electron chi connectivity index (χ4n) is 8.79. The van der Waals surface area contributed by atoms with Gasteiger partial charge in [0, 0.05) is 19.3 Å². The maximum atomic E-state index is 12.9. The van der Waals surface area contributed by atoms with Crippen LogP contribution in [0.4, 0.5) is 0 Å². The van der Waals surface area contributed by atoms with E-state index in [1.807, 2.05) is 0 Å². The zero-order valence-electron chi connectivity index (χ0n) is 46.1. The van der Waals surface area contributed by atoms with Crippen molar-refractivity contribution in [3.63, 3.8) is 0 Å². The third-order valence-electron chi connectivity index (χ3n) is 13.3. The van der Waals surface area contributed by atoms with Crippen LogP contribution in [-0.2, 0) is 28.6 Å². The summed E-state index contributed by atoms with van der Waals surface area (Å²) in [6.07, 6.45) is 71.1. The van der Waals surface area contributed by atoms with Crippen molar-refractivity contribution >= 4 is 17.9 Å². The van der Waals surface area contributed by atoms with Crippen molar-refractivity contribution < 1.29 is 28.6 Å². The van der Waals surface area contributed by atoms with Crippen LogP contribution >= 0.6 is 0 Å². The number of esters is 3. The smallest absolute Gasteiger partial charge is 0.306 e. The van der Waals surface area contributed by atoms with E-state index in [-0.39, 0.29) is 37.5 Å². The molecule has 0 bridgehead atoms. The third-order valence-corrected chi connectivity index (χ3v) is 13.3. The molecule has 0 unspecified atom stereocenters. The van der Waals surface area contributed by atoms with E-state index in [4.69, 9.17) is 14.2 Å². The fraction of sp³-hybridized carbons (Fsp3) is 0.825. The molecule has 0 aliphatic heterocycles. The molecule has 0 aliphatic carbocycles. The molecule has 0 N–H and O–H groups in total. The van der Waals surface area contributed by atoms with E-state index >= 15 is 0 Å². The molecular weight excluding hydrogens is 853 g/mol. The topological polar surface area (TPSA) is 78.9 Å². The first kappa shape index (κ1) is 66.4. The number of ether oxygens (including phenoxy) is 3. The highest BCUT2D eigenvalue weighted by molar-refractivity contribution is 5.71. The summed E-state index contributed by atoms with van der Waals surface area (Å²) in [6.45, 7) is 6.61. The number of hydrogen-bond acceptors (Lipinski definition) is 6. The van der Waals surface area contributed by atoms with Crippen molar-refractivity contribution in [1.29, 1.82) is 0 Å². The molecule has 0 radical (unpaired) electrons. The van der Waals surface area contributed by atoms with Crippen LogP contribution in [0.15, 0.2) is 48.6 Å². The summed E-state index contributed by atoms with van der Waals surface area (Å²) in [7, 11) is 0. The monoisotopic (exact) mass is 967 g/mol. The lowest BCUT2D eigenvalue weighted by Gasteiger charge is -2.18. The molecule has 1 atom stereocenters. The second kappa shape index (κ2) is 57.9. The van der Waals surface area contributed by atoms with Crippen LogP contribution < -0.4 is 0 Å². The van der Waals surface area contributed by atoms with E-state index in [9.17, 15) is 14.4 Å². The number of rotatable bonds is 55. The van der Waals surface area contributed by atoms with Crippen molar-refractivity contribution in [1.82, 2.24) is 0 Å². The lowest BCUT2D eigenvalue weighted by molar-refractivity contribution is -0.167. The second-order valence-corrected chi connectivity index (χ2v) is 20.3. The second-order valence-electron chi connectivity index (χ2n) is 20.3. The Kier molecular flexibility index (Phi) is 55.7. The van der Waals surface area contributed by atoms with Gasteiger partial charge < -0.3 is 14.2 Å². The van der Waals surface area contributed by atoms with Crippen LogP contribution in [0.1, 0.15) is 316 Å². The van der Waals surface area contributed by atoms with Gasteiger partial charge >= 0.3 is 17.9 Å². The standard InChI is InChI=1S/C63H114O6/c1-4-7-10-13-16-19-22-25-27-29-30-31-32-34-36-39-42-45-48-51-54-57-63(66)69-60(58-67-61(64)55-52-49-46-43-40-37-24-21-18-15-12-9-6-3)59-68-62(65)56-53-50-47-44-41-38-35-33-28-26-23-20-17-14-11-8-5-2/h17,20,26,28,35,38,44,47,60H,4-16,18-19,21-25,27,29-34,36-37,39-43,45-46,48-59H2,1-3H3/b20-17-,28-26-,38-35-,47-44-/t60-/m0/s1. The van der Waals surface area contributed by atoms with Gasteiger partial charge in [0.1, 0.15) is 13.2 Å². The molecule has 0 saturated carbocycles. The number of hydrogen-bond donors (Lipinski definition) is 0. The molecule has 0 fully saturated rings. The Morgan fingerprint density at radius 3 is 0.870 bits per heavy atom. The van der Waals surface area contributed by atoms with Crippen LogP contribution in [0.3, 0.4) is 0 Å².